The fourth-order valence-corrected chi connectivity index (χ4v) is 4.93. The Morgan fingerprint density at radius 2 is 1.70 bits per heavy atom. The first-order valence-electron chi connectivity index (χ1n) is 10.4. The highest BCUT2D eigenvalue weighted by Crippen LogP contribution is 2.44. The van der Waals surface area contributed by atoms with E-state index in [2.05, 4.69) is 52.1 Å². The van der Waals surface area contributed by atoms with Gasteiger partial charge in [0.05, 0.1) is 25.2 Å². The largest absolute Gasteiger partial charge is 0.497 e. The van der Waals surface area contributed by atoms with Gasteiger partial charge in [-0.2, -0.15) is 0 Å². The lowest BCUT2D eigenvalue weighted by Crippen LogP contribution is -2.16. The summed E-state index contributed by atoms with van der Waals surface area (Å²) in [5, 5.41) is 0. The summed E-state index contributed by atoms with van der Waals surface area (Å²) in [4.78, 5) is 4.39. The number of aromatic nitrogens is 2. The summed E-state index contributed by atoms with van der Waals surface area (Å²) in [7, 11) is 1.73. The molecule has 140 valence electrons. The number of hydrogen-bond donors (Lipinski definition) is 0. The standard InChI is InChI=1S/C24H28N2O/c1-27-21-10-8-19(9-11-21)18-4-2-17(3-5-18)14-23-22(20-6-7-20)12-13-26-16-25-15-24(23)26/h8-13,15-18,20H,2-7,14H2,1H3. The fourth-order valence-electron chi connectivity index (χ4n) is 4.93. The van der Waals surface area contributed by atoms with Gasteiger partial charge in [-0.05, 0) is 97.6 Å². The van der Waals surface area contributed by atoms with Crippen LogP contribution in [0.25, 0.3) is 5.52 Å². The second-order valence-electron chi connectivity index (χ2n) is 8.40. The number of pyridine rings is 1. The van der Waals surface area contributed by atoms with Crippen LogP contribution in [0, 0.1) is 5.92 Å². The molecule has 0 bridgehead atoms. The average molecular weight is 361 g/mol. The van der Waals surface area contributed by atoms with E-state index in [1.165, 1.54) is 56.0 Å². The van der Waals surface area contributed by atoms with Gasteiger partial charge >= 0.3 is 0 Å². The van der Waals surface area contributed by atoms with Gasteiger partial charge in [-0.25, -0.2) is 4.98 Å². The van der Waals surface area contributed by atoms with Gasteiger partial charge in [0.15, 0.2) is 0 Å². The van der Waals surface area contributed by atoms with Crippen LogP contribution in [0.5, 0.6) is 5.75 Å². The highest BCUT2D eigenvalue weighted by molar-refractivity contribution is 5.58. The zero-order chi connectivity index (χ0) is 18.2. The number of nitrogens with zero attached hydrogens (tertiary/aromatic N) is 2. The number of imidazole rings is 1. The van der Waals surface area contributed by atoms with Crippen molar-refractivity contribution < 1.29 is 4.74 Å². The molecule has 3 aromatic rings. The van der Waals surface area contributed by atoms with Crippen molar-refractivity contribution in [2.75, 3.05) is 7.11 Å². The normalized spacial score (nSPS) is 22.9. The Morgan fingerprint density at radius 1 is 0.963 bits per heavy atom. The third kappa shape index (κ3) is 3.36. The third-order valence-corrected chi connectivity index (χ3v) is 6.68. The minimum Gasteiger partial charge on any atom is -0.497 e. The molecule has 2 fully saturated rings. The number of methoxy groups -OCH3 is 1. The number of hydrogen-bond acceptors (Lipinski definition) is 2. The van der Waals surface area contributed by atoms with Gasteiger partial charge in [-0.3, -0.25) is 0 Å². The van der Waals surface area contributed by atoms with Gasteiger partial charge in [0.25, 0.3) is 0 Å². The van der Waals surface area contributed by atoms with E-state index in [0.717, 1.165) is 17.6 Å². The van der Waals surface area contributed by atoms with E-state index < -0.39 is 0 Å². The molecule has 0 saturated heterocycles. The molecule has 0 spiro atoms. The summed E-state index contributed by atoms with van der Waals surface area (Å²) in [6.07, 6.45) is 15.4. The summed E-state index contributed by atoms with van der Waals surface area (Å²) in [5.41, 5.74) is 5.98. The van der Waals surface area contributed by atoms with E-state index in [4.69, 9.17) is 4.74 Å². The average Bonchev–Trinajstić information content (AvgIpc) is 3.45. The first kappa shape index (κ1) is 16.9. The summed E-state index contributed by atoms with van der Waals surface area (Å²) < 4.78 is 7.50. The highest BCUT2D eigenvalue weighted by atomic mass is 16.5. The lowest BCUT2D eigenvalue weighted by Gasteiger charge is -2.29. The van der Waals surface area contributed by atoms with Crippen molar-refractivity contribution in [2.24, 2.45) is 5.92 Å². The van der Waals surface area contributed by atoms with Crippen LogP contribution in [-0.2, 0) is 6.42 Å². The van der Waals surface area contributed by atoms with Crippen LogP contribution in [0.3, 0.4) is 0 Å². The monoisotopic (exact) mass is 360 g/mol. The highest BCUT2D eigenvalue weighted by Gasteiger charge is 2.29. The summed E-state index contributed by atoms with van der Waals surface area (Å²) >= 11 is 0. The lowest BCUT2D eigenvalue weighted by atomic mass is 9.76. The molecule has 2 aliphatic carbocycles. The Kier molecular flexibility index (Phi) is 4.39. The fraction of sp³-hybridized carbons (Fsp3) is 0.458. The Morgan fingerprint density at radius 3 is 2.41 bits per heavy atom. The van der Waals surface area contributed by atoms with Gasteiger partial charge in [-0.15, -0.1) is 0 Å². The van der Waals surface area contributed by atoms with Crippen molar-refractivity contribution in [1.29, 1.82) is 0 Å². The molecule has 0 aliphatic heterocycles. The SMILES string of the molecule is COc1ccc(C2CCC(Cc3c(C4CC4)ccn4cncc34)CC2)cc1. The van der Waals surface area contributed by atoms with Crippen LogP contribution in [0.15, 0.2) is 49.1 Å². The molecular formula is C24H28N2O. The summed E-state index contributed by atoms with van der Waals surface area (Å²) in [5.74, 6) is 3.27. The van der Waals surface area contributed by atoms with Crippen molar-refractivity contribution >= 4 is 5.52 Å². The Labute approximate surface area is 161 Å². The molecule has 0 radical (unpaired) electrons. The minimum atomic E-state index is 0.709. The molecule has 2 heterocycles. The van der Waals surface area contributed by atoms with Crippen LogP contribution < -0.4 is 4.74 Å². The molecule has 2 aliphatic rings. The van der Waals surface area contributed by atoms with Crippen molar-refractivity contribution in [3.05, 3.63) is 65.7 Å². The van der Waals surface area contributed by atoms with Gasteiger partial charge in [0.1, 0.15) is 5.75 Å². The van der Waals surface area contributed by atoms with E-state index in [9.17, 15) is 0 Å². The molecule has 3 nitrogen and oxygen atoms in total. The van der Waals surface area contributed by atoms with Crippen LogP contribution in [0.1, 0.15) is 67.1 Å². The molecule has 0 amide bonds. The molecule has 0 atom stereocenters. The molecule has 5 rings (SSSR count). The predicted molar refractivity (Wildman–Crippen MR) is 109 cm³/mol. The molecule has 2 saturated carbocycles. The van der Waals surface area contributed by atoms with Crippen LogP contribution in [0.2, 0.25) is 0 Å². The maximum atomic E-state index is 5.30. The lowest BCUT2D eigenvalue weighted by molar-refractivity contribution is 0.324. The van der Waals surface area contributed by atoms with Crippen LogP contribution >= 0.6 is 0 Å². The van der Waals surface area contributed by atoms with Gasteiger partial charge in [0, 0.05) is 6.20 Å². The molecule has 1 aromatic carbocycles. The molecule has 0 N–H and O–H groups in total. The van der Waals surface area contributed by atoms with Crippen LogP contribution in [0.4, 0.5) is 0 Å². The topological polar surface area (TPSA) is 26.5 Å². The quantitative estimate of drug-likeness (QED) is 0.580. The van der Waals surface area contributed by atoms with Gasteiger partial charge < -0.3 is 9.14 Å². The summed E-state index contributed by atoms with van der Waals surface area (Å²) in [6, 6.07) is 11.1. The summed E-state index contributed by atoms with van der Waals surface area (Å²) in [6.45, 7) is 0. The zero-order valence-electron chi connectivity index (χ0n) is 16.1. The molecule has 2 aromatic heterocycles. The molecule has 27 heavy (non-hydrogen) atoms. The maximum Gasteiger partial charge on any atom is 0.118 e. The van der Waals surface area contributed by atoms with E-state index in [1.807, 2.05) is 6.33 Å². The maximum absolute atomic E-state index is 5.30. The van der Waals surface area contributed by atoms with Gasteiger partial charge in [-0.1, -0.05) is 12.1 Å². The van der Waals surface area contributed by atoms with E-state index in [-0.39, 0.29) is 0 Å². The van der Waals surface area contributed by atoms with Crippen LogP contribution in [-0.4, -0.2) is 16.5 Å². The van der Waals surface area contributed by atoms with Crippen molar-refractivity contribution in [2.45, 2.75) is 56.8 Å². The van der Waals surface area contributed by atoms with E-state index >= 15 is 0 Å². The smallest absolute Gasteiger partial charge is 0.118 e. The Balaban J connectivity index is 1.30. The van der Waals surface area contributed by atoms with Gasteiger partial charge in [0.2, 0.25) is 0 Å². The first-order chi connectivity index (χ1) is 13.3. The Hall–Kier alpha value is -2.29. The van der Waals surface area contributed by atoms with Crippen molar-refractivity contribution in [3.63, 3.8) is 0 Å². The number of benzene rings is 1. The second-order valence-corrected chi connectivity index (χ2v) is 8.40. The van der Waals surface area contributed by atoms with E-state index in [0.29, 0.717) is 5.92 Å². The van der Waals surface area contributed by atoms with Crippen molar-refractivity contribution in [1.82, 2.24) is 9.38 Å². The zero-order valence-corrected chi connectivity index (χ0v) is 16.1. The third-order valence-electron chi connectivity index (χ3n) is 6.68. The van der Waals surface area contributed by atoms with E-state index in [1.54, 1.807) is 18.2 Å². The number of rotatable bonds is 5. The molecule has 0 unspecified atom stereocenters. The number of ether oxygens (including phenoxy) is 1. The predicted octanol–water partition coefficient (Wildman–Crippen LogP) is 5.74. The molecular weight excluding hydrogens is 332 g/mol. The second kappa shape index (κ2) is 7.03. The van der Waals surface area contributed by atoms with Crippen molar-refractivity contribution in [3.8, 4) is 5.75 Å². The minimum absolute atomic E-state index is 0.709. The first-order valence-corrected chi connectivity index (χ1v) is 10.4. The Bertz CT molecular complexity index is 915. The molecule has 3 heteroatoms. The number of fused-ring (bicyclic) bond motifs is 1.